The second-order valence-corrected chi connectivity index (χ2v) is 8.14. The number of halogens is 1. The molecule has 0 aliphatic rings. The van der Waals surface area contributed by atoms with Crippen molar-refractivity contribution in [2.24, 2.45) is 0 Å². The molecule has 1 aromatic carbocycles. The number of rotatable bonds is 6. The number of benzene rings is 1. The van der Waals surface area contributed by atoms with Gasteiger partial charge >= 0.3 is 15.2 Å². The van der Waals surface area contributed by atoms with Crippen molar-refractivity contribution in [3.05, 3.63) is 35.6 Å². The number of ketones is 2. The van der Waals surface area contributed by atoms with E-state index in [9.17, 15) is 23.1 Å². The molecule has 0 saturated heterocycles. The molecule has 0 bridgehead atoms. The zero-order valence-corrected chi connectivity index (χ0v) is 12.1. The van der Waals surface area contributed by atoms with Crippen molar-refractivity contribution < 1.29 is 42.7 Å². The van der Waals surface area contributed by atoms with Crippen LogP contribution >= 0.6 is 15.2 Å². The van der Waals surface area contributed by atoms with Crippen molar-refractivity contribution >= 4 is 26.8 Å². The molecule has 116 valence electrons. The lowest BCUT2D eigenvalue weighted by Crippen LogP contribution is -2.21. The first-order chi connectivity index (χ1) is 9.43. The first kappa shape index (κ1) is 17.8. The van der Waals surface area contributed by atoms with E-state index in [1.807, 2.05) is 0 Å². The van der Waals surface area contributed by atoms with Crippen LogP contribution in [0.1, 0.15) is 16.8 Å². The van der Waals surface area contributed by atoms with Crippen LogP contribution in [0.3, 0.4) is 0 Å². The molecule has 1 aromatic rings. The molecule has 0 aliphatic heterocycles. The molecule has 0 atom stereocenters. The van der Waals surface area contributed by atoms with Crippen molar-refractivity contribution in [1.29, 1.82) is 0 Å². The van der Waals surface area contributed by atoms with Crippen LogP contribution in [0.15, 0.2) is 24.3 Å². The molecule has 0 fully saturated rings. The van der Waals surface area contributed by atoms with Crippen LogP contribution in [0.25, 0.3) is 0 Å². The Morgan fingerprint density at radius 2 is 1.62 bits per heavy atom. The van der Waals surface area contributed by atoms with Gasteiger partial charge in [0.25, 0.3) is 0 Å². The summed E-state index contributed by atoms with van der Waals surface area (Å²) in [7, 11) is -10.6. The van der Waals surface area contributed by atoms with E-state index in [2.05, 4.69) is 0 Å². The minimum Gasteiger partial charge on any atom is -0.324 e. The first-order valence-corrected chi connectivity index (χ1v) is 8.73. The number of hydrogen-bond donors (Lipinski definition) is 4. The van der Waals surface area contributed by atoms with Gasteiger partial charge < -0.3 is 19.6 Å². The third-order valence-electron chi connectivity index (χ3n) is 2.48. The largest absolute Gasteiger partial charge is 0.341 e. The SMILES string of the molecule is O=C(CC(P(=O)(O)O)P(=O)(O)O)C(=O)c1cccc(F)c1. The molecule has 0 unspecified atom stereocenters. The molecule has 11 heteroatoms. The molecule has 21 heavy (non-hydrogen) atoms. The quantitative estimate of drug-likeness (QED) is 0.335. The van der Waals surface area contributed by atoms with Crippen LogP contribution in [-0.2, 0) is 13.9 Å². The van der Waals surface area contributed by atoms with E-state index in [1.165, 1.54) is 0 Å². The van der Waals surface area contributed by atoms with Gasteiger partial charge in [0.1, 0.15) is 5.82 Å². The lowest BCUT2D eigenvalue weighted by atomic mass is 10.1. The highest BCUT2D eigenvalue weighted by Gasteiger charge is 2.45. The maximum Gasteiger partial charge on any atom is 0.341 e. The average Bonchev–Trinajstić information content (AvgIpc) is 2.31. The first-order valence-electron chi connectivity index (χ1n) is 5.36. The summed E-state index contributed by atoms with van der Waals surface area (Å²) >= 11 is 0. The van der Waals surface area contributed by atoms with E-state index in [0.29, 0.717) is 0 Å². The van der Waals surface area contributed by atoms with Gasteiger partial charge in [0, 0.05) is 12.0 Å². The van der Waals surface area contributed by atoms with Gasteiger partial charge in [-0.1, -0.05) is 12.1 Å². The lowest BCUT2D eigenvalue weighted by Gasteiger charge is -2.18. The van der Waals surface area contributed by atoms with Gasteiger partial charge in [0.05, 0.1) is 0 Å². The molecule has 8 nitrogen and oxygen atoms in total. The van der Waals surface area contributed by atoms with E-state index in [1.54, 1.807) is 0 Å². The summed E-state index contributed by atoms with van der Waals surface area (Å²) in [4.78, 5) is 58.7. The predicted molar refractivity (Wildman–Crippen MR) is 68.2 cm³/mol. The summed E-state index contributed by atoms with van der Waals surface area (Å²) in [6, 6.07) is 3.96. The molecule has 0 spiro atoms. The standard InChI is InChI=1S/C10H11FO8P2/c11-7-3-1-2-6(4-7)10(13)8(12)5-9(20(14,15)16)21(17,18)19/h1-4,9H,5H2,(H2,14,15,16)(H2,17,18,19). The highest BCUT2D eigenvalue weighted by Crippen LogP contribution is 2.61. The van der Waals surface area contributed by atoms with Gasteiger partial charge in [0.15, 0.2) is 5.40 Å². The topological polar surface area (TPSA) is 149 Å². The zero-order valence-electron chi connectivity index (χ0n) is 10.3. The van der Waals surface area contributed by atoms with E-state index in [0.717, 1.165) is 24.3 Å². The van der Waals surface area contributed by atoms with E-state index < -0.39 is 44.4 Å². The second-order valence-electron chi connectivity index (χ2n) is 4.13. The van der Waals surface area contributed by atoms with Crippen LogP contribution < -0.4 is 0 Å². The Morgan fingerprint density at radius 1 is 1.10 bits per heavy atom. The molecular weight excluding hydrogens is 329 g/mol. The van der Waals surface area contributed by atoms with Gasteiger partial charge in [-0.05, 0) is 12.1 Å². The van der Waals surface area contributed by atoms with Crippen molar-refractivity contribution in [3.8, 4) is 0 Å². The number of Topliss-reactive ketones (excluding diaryl/α,β-unsaturated/α-hetero) is 2. The molecule has 0 heterocycles. The fraction of sp³-hybridized carbons (Fsp3) is 0.200. The molecule has 1 rings (SSSR count). The highest BCUT2D eigenvalue weighted by molar-refractivity contribution is 7.70. The average molecular weight is 340 g/mol. The van der Waals surface area contributed by atoms with Gasteiger partial charge in [-0.2, -0.15) is 0 Å². The van der Waals surface area contributed by atoms with E-state index in [4.69, 9.17) is 19.6 Å². The Bertz CT molecular complexity index is 639. The maximum absolute atomic E-state index is 12.9. The van der Waals surface area contributed by atoms with Crippen LogP contribution in [0.2, 0.25) is 0 Å². The van der Waals surface area contributed by atoms with Crippen molar-refractivity contribution in [2.45, 2.75) is 11.8 Å². The molecule has 0 aromatic heterocycles. The number of hydrogen-bond acceptors (Lipinski definition) is 4. The summed E-state index contributed by atoms with van der Waals surface area (Å²) in [5.41, 5.74) is -0.379. The summed E-state index contributed by atoms with van der Waals surface area (Å²) < 4.78 is 34.9. The minimum atomic E-state index is -5.30. The third kappa shape index (κ3) is 4.93. The van der Waals surface area contributed by atoms with Crippen LogP contribution in [0.4, 0.5) is 4.39 Å². The number of carbonyl (C=O) groups excluding carboxylic acids is 2. The third-order valence-corrected chi connectivity index (χ3v) is 6.21. The molecular formula is C10H11FO8P2. The normalized spacial score (nSPS) is 12.5. The van der Waals surface area contributed by atoms with Crippen LogP contribution in [0, 0.1) is 5.82 Å². The summed E-state index contributed by atoms with van der Waals surface area (Å²) in [6.45, 7) is 0. The van der Waals surface area contributed by atoms with Crippen molar-refractivity contribution in [1.82, 2.24) is 0 Å². The van der Waals surface area contributed by atoms with E-state index in [-0.39, 0.29) is 5.56 Å². The van der Waals surface area contributed by atoms with Gasteiger partial charge in [0.2, 0.25) is 11.6 Å². The van der Waals surface area contributed by atoms with Crippen LogP contribution in [0.5, 0.6) is 0 Å². The van der Waals surface area contributed by atoms with Crippen LogP contribution in [-0.4, -0.2) is 36.5 Å². The zero-order chi connectivity index (χ0) is 16.4. The Hall–Kier alpha value is -1.21. The highest BCUT2D eigenvalue weighted by atomic mass is 31.2. The van der Waals surface area contributed by atoms with Crippen molar-refractivity contribution in [3.63, 3.8) is 0 Å². The molecule has 0 amide bonds. The Kier molecular flexibility index (Phi) is 5.33. The van der Waals surface area contributed by atoms with E-state index >= 15 is 0 Å². The lowest BCUT2D eigenvalue weighted by molar-refractivity contribution is -0.115. The fourth-order valence-electron chi connectivity index (χ4n) is 1.48. The van der Waals surface area contributed by atoms with Gasteiger partial charge in [-0.25, -0.2) is 4.39 Å². The predicted octanol–water partition coefficient (Wildman–Crippen LogP) is 0.649. The molecule has 0 saturated carbocycles. The second kappa shape index (κ2) is 6.27. The Labute approximate surface area is 117 Å². The van der Waals surface area contributed by atoms with Gasteiger partial charge in [-0.3, -0.25) is 18.7 Å². The van der Waals surface area contributed by atoms with Gasteiger partial charge in [-0.15, -0.1) is 0 Å². The number of carbonyl (C=O) groups is 2. The maximum atomic E-state index is 12.9. The summed E-state index contributed by atoms with van der Waals surface area (Å²) in [5, 5.41) is -2.60. The van der Waals surface area contributed by atoms with Crippen molar-refractivity contribution in [2.75, 3.05) is 0 Å². The Morgan fingerprint density at radius 3 is 2.05 bits per heavy atom. The smallest absolute Gasteiger partial charge is 0.324 e. The molecule has 4 N–H and O–H groups in total. The minimum absolute atomic E-state index is 0.379. The fourth-order valence-corrected chi connectivity index (χ4v) is 3.86. The summed E-state index contributed by atoms with van der Waals surface area (Å²) in [5.74, 6) is -3.53. The molecule has 0 aliphatic carbocycles. The Balaban J connectivity index is 3.01. The molecule has 0 radical (unpaired) electrons. The summed E-state index contributed by atoms with van der Waals surface area (Å²) in [6.07, 6.45) is -1.34. The monoisotopic (exact) mass is 340 g/mol.